The summed E-state index contributed by atoms with van der Waals surface area (Å²) >= 11 is 0. The van der Waals surface area contributed by atoms with E-state index in [0.29, 0.717) is 17.5 Å². The Morgan fingerprint density at radius 3 is 1.17 bits per heavy atom. The van der Waals surface area contributed by atoms with Crippen LogP contribution in [0.15, 0.2) is 231 Å². The van der Waals surface area contributed by atoms with Crippen LogP contribution in [0.3, 0.4) is 0 Å². The van der Waals surface area contributed by atoms with Gasteiger partial charge in [-0.3, -0.25) is 0 Å². The van der Waals surface area contributed by atoms with E-state index in [1.165, 1.54) is 37.9 Å². The maximum absolute atomic E-state index is 5.11. The van der Waals surface area contributed by atoms with Crippen molar-refractivity contribution in [2.24, 2.45) is 0 Å². The number of nitrogens with zero attached hydrogens (tertiary/aromatic N) is 5. The first-order valence-electron chi connectivity index (χ1n) is 21.4. The Bertz CT molecular complexity index is 3520. The fraction of sp³-hybridized carbons (Fsp3) is 0. The molecule has 6 heteroatoms. The molecule has 0 bridgehead atoms. The number of benzene rings is 9. The molecule has 0 aliphatic heterocycles. The van der Waals surface area contributed by atoms with Crippen molar-refractivity contribution >= 4 is 66.7 Å². The summed E-state index contributed by atoms with van der Waals surface area (Å²) in [6.45, 7) is 0.0647. The lowest BCUT2D eigenvalue weighted by Crippen LogP contribution is -2.51. The highest BCUT2D eigenvalue weighted by atomic mass is 15.1. The second-order valence-electron chi connectivity index (χ2n) is 16.0. The van der Waals surface area contributed by atoms with Gasteiger partial charge in [0.25, 0.3) is 0 Å². The molecule has 63 heavy (non-hydrogen) atoms. The first-order chi connectivity index (χ1) is 31.3. The monoisotopic (exact) mass is 803 g/mol. The molecule has 12 aromatic rings. The zero-order valence-electron chi connectivity index (χ0n) is 34.3. The van der Waals surface area contributed by atoms with Crippen LogP contribution in [-0.2, 0) is 0 Å². The predicted molar refractivity (Wildman–Crippen MR) is 262 cm³/mol. The Labute approximate surface area is 365 Å². The van der Waals surface area contributed by atoms with E-state index in [-0.39, 0.29) is 6.71 Å². The van der Waals surface area contributed by atoms with Crippen molar-refractivity contribution in [2.45, 2.75) is 0 Å². The van der Waals surface area contributed by atoms with E-state index >= 15 is 0 Å². The molecule has 5 nitrogen and oxygen atoms in total. The number of para-hydroxylation sites is 2. The van der Waals surface area contributed by atoms with E-state index < -0.39 is 0 Å². The van der Waals surface area contributed by atoms with Crippen molar-refractivity contribution in [1.29, 1.82) is 0 Å². The van der Waals surface area contributed by atoms with Crippen LogP contribution in [0.1, 0.15) is 0 Å². The van der Waals surface area contributed by atoms with Gasteiger partial charge in [-0.2, -0.15) is 0 Å². The quantitative estimate of drug-likeness (QED) is 0.144. The van der Waals surface area contributed by atoms with Crippen LogP contribution in [0.5, 0.6) is 0 Å². The minimum atomic E-state index is 0.0647. The second kappa shape index (κ2) is 15.3. The lowest BCUT2D eigenvalue weighted by atomic mass is 9.37. The number of hydrogen-bond donors (Lipinski definition) is 0. The van der Waals surface area contributed by atoms with Crippen molar-refractivity contribution in [3.8, 4) is 45.5 Å². The van der Waals surface area contributed by atoms with Crippen LogP contribution in [0, 0.1) is 0 Å². The molecular weight excluding hydrogens is 765 g/mol. The highest BCUT2D eigenvalue weighted by Crippen LogP contribution is 2.42. The molecular formula is C57H38BN5. The minimum Gasteiger partial charge on any atom is -0.307 e. The average molecular weight is 804 g/mol. The summed E-state index contributed by atoms with van der Waals surface area (Å²) in [6.07, 6.45) is 0. The van der Waals surface area contributed by atoms with Crippen LogP contribution in [0.2, 0.25) is 0 Å². The molecule has 0 fully saturated rings. The summed E-state index contributed by atoms with van der Waals surface area (Å²) in [4.78, 5) is 15.2. The fourth-order valence-corrected chi connectivity index (χ4v) is 9.47. The van der Waals surface area contributed by atoms with Gasteiger partial charge in [0.05, 0.1) is 22.1 Å². The third-order valence-electron chi connectivity index (χ3n) is 12.3. The molecule has 0 saturated carbocycles. The second-order valence-corrected chi connectivity index (χ2v) is 16.0. The summed E-state index contributed by atoms with van der Waals surface area (Å²) in [5, 5.41) is 4.79. The van der Waals surface area contributed by atoms with Crippen molar-refractivity contribution in [3.05, 3.63) is 231 Å². The molecule has 0 amide bonds. The Hall–Kier alpha value is -8.35. The molecule has 12 rings (SSSR count). The molecule has 0 unspecified atom stereocenters. The molecule has 9 aromatic carbocycles. The van der Waals surface area contributed by atoms with Gasteiger partial charge in [-0.25, -0.2) is 15.0 Å². The van der Waals surface area contributed by atoms with Crippen molar-refractivity contribution in [1.82, 2.24) is 24.1 Å². The molecule has 3 heterocycles. The Balaban J connectivity index is 1.11. The van der Waals surface area contributed by atoms with E-state index in [2.05, 4.69) is 179 Å². The van der Waals surface area contributed by atoms with Crippen molar-refractivity contribution in [3.63, 3.8) is 0 Å². The van der Waals surface area contributed by atoms with Crippen LogP contribution in [0.4, 0.5) is 0 Å². The zero-order valence-corrected chi connectivity index (χ0v) is 34.3. The number of fused-ring (bicyclic) bond motifs is 7. The standard InChI is InChI=1S/C57H38BN5/c1-5-19-39(20-6-1)55-59-56(40-21-7-2-8-22-40)61-57(60-55)41-23-17-29-45(37-41)62-51-33-15-13-31-47(51)49-35-36-50-48-32-14-16-34-52(48)63(54(50)53(49)62)46-30-18-28-44(38-46)58(42-24-9-3-10-25-42)43-26-11-4-12-27-43/h1-38H. The Kier molecular flexibility index (Phi) is 8.86. The molecule has 0 N–H and O–H groups in total. The number of hydrogen-bond acceptors (Lipinski definition) is 3. The third-order valence-corrected chi connectivity index (χ3v) is 12.3. The summed E-state index contributed by atoms with van der Waals surface area (Å²) in [5.74, 6) is 1.89. The SMILES string of the molecule is c1ccc(B(c2ccccc2)c2cccc(-n3c4ccccc4c4ccc5c6ccccc6n(-c6cccc(-c7nc(-c8ccccc8)nc(-c8ccccc8)n7)c6)c5c43)c2)cc1. The molecule has 0 spiro atoms. The van der Waals surface area contributed by atoms with Gasteiger partial charge in [0.1, 0.15) is 0 Å². The van der Waals surface area contributed by atoms with E-state index in [0.717, 1.165) is 50.1 Å². The molecule has 0 atom stereocenters. The smallest absolute Gasteiger partial charge is 0.241 e. The predicted octanol–water partition coefficient (Wildman–Crippen LogP) is 11.6. The van der Waals surface area contributed by atoms with E-state index in [1.807, 2.05) is 60.7 Å². The largest absolute Gasteiger partial charge is 0.307 e. The van der Waals surface area contributed by atoms with Gasteiger partial charge in [0.15, 0.2) is 17.5 Å². The normalized spacial score (nSPS) is 11.5. The van der Waals surface area contributed by atoms with Gasteiger partial charge in [0, 0.05) is 49.6 Å². The molecule has 0 aliphatic rings. The topological polar surface area (TPSA) is 48.5 Å². The maximum Gasteiger partial charge on any atom is 0.241 e. The number of rotatable bonds is 8. The van der Waals surface area contributed by atoms with Gasteiger partial charge >= 0.3 is 0 Å². The van der Waals surface area contributed by atoms with Gasteiger partial charge in [-0.15, -0.1) is 0 Å². The first kappa shape index (κ1) is 36.5. The van der Waals surface area contributed by atoms with Gasteiger partial charge in [-0.1, -0.05) is 211 Å². The van der Waals surface area contributed by atoms with Gasteiger partial charge in [0.2, 0.25) is 6.71 Å². The van der Waals surface area contributed by atoms with Crippen LogP contribution in [0.25, 0.3) is 89.2 Å². The third kappa shape index (κ3) is 6.31. The summed E-state index contributed by atoms with van der Waals surface area (Å²) < 4.78 is 4.91. The molecule has 0 radical (unpaired) electrons. The van der Waals surface area contributed by atoms with E-state index in [9.17, 15) is 0 Å². The highest BCUT2D eigenvalue weighted by molar-refractivity contribution is 6.95. The Morgan fingerprint density at radius 2 is 0.667 bits per heavy atom. The van der Waals surface area contributed by atoms with Gasteiger partial charge < -0.3 is 9.13 Å². The molecule has 3 aromatic heterocycles. The van der Waals surface area contributed by atoms with Crippen molar-refractivity contribution in [2.75, 3.05) is 0 Å². The average Bonchev–Trinajstić information content (AvgIpc) is 3.89. The summed E-state index contributed by atoms with van der Waals surface area (Å²) in [6, 6.07) is 81.9. The highest BCUT2D eigenvalue weighted by Gasteiger charge is 2.25. The lowest BCUT2D eigenvalue weighted by Gasteiger charge is -2.18. The Morgan fingerprint density at radius 1 is 0.286 bits per heavy atom. The molecule has 0 aliphatic carbocycles. The molecule has 294 valence electrons. The lowest BCUT2D eigenvalue weighted by molar-refractivity contribution is 1.07. The van der Waals surface area contributed by atoms with Crippen LogP contribution >= 0.6 is 0 Å². The van der Waals surface area contributed by atoms with Crippen LogP contribution < -0.4 is 16.4 Å². The summed E-state index contributed by atoms with van der Waals surface area (Å²) in [5.41, 5.74) is 13.3. The first-order valence-corrected chi connectivity index (χ1v) is 21.4. The minimum absolute atomic E-state index is 0.0647. The van der Waals surface area contributed by atoms with Crippen LogP contribution in [-0.4, -0.2) is 30.8 Å². The van der Waals surface area contributed by atoms with E-state index in [1.54, 1.807) is 0 Å². The summed E-state index contributed by atoms with van der Waals surface area (Å²) in [7, 11) is 0. The molecule has 0 saturated heterocycles. The fourth-order valence-electron chi connectivity index (χ4n) is 9.47. The number of aromatic nitrogens is 5. The maximum atomic E-state index is 5.11. The van der Waals surface area contributed by atoms with E-state index in [4.69, 9.17) is 15.0 Å². The van der Waals surface area contributed by atoms with Crippen molar-refractivity contribution < 1.29 is 0 Å². The van der Waals surface area contributed by atoms with Gasteiger partial charge in [-0.05, 0) is 36.4 Å². The zero-order chi connectivity index (χ0) is 41.7.